The van der Waals surface area contributed by atoms with Gasteiger partial charge in [0.05, 0.1) is 7.11 Å². The molecule has 0 bridgehead atoms. The van der Waals surface area contributed by atoms with E-state index in [1.165, 1.54) is 0 Å². The van der Waals surface area contributed by atoms with E-state index < -0.39 is 0 Å². The summed E-state index contributed by atoms with van der Waals surface area (Å²) in [7, 11) is 1.64. The van der Waals surface area contributed by atoms with Gasteiger partial charge in [-0.15, -0.1) is 0 Å². The Hall–Kier alpha value is -1.77. The van der Waals surface area contributed by atoms with Crippen LogP contribution in [0, 0.1) is 0 Å². The number of carbonyl (C=O) groups is 1. The second-order valence-corrected chi connectivity index (χ2v) is 5.69. The fraction of sp³-hybridized carbons (Fsp3) is 0.438. The minimum atomic E-state index is -0.251. The molecule has 0 radical (unpaired) electrons. The number of carbonyl (C=O) groups excluding carboxylic acids is 1. The van der Waals surface area contributed by atoms with Gasteiger partial charge in [-0.05, 0) is 45.4 Å². The lowest BCUT2D eigenvalue weighted by Gasteiger charge is -2.36. The molecular formula is C16H23NO2. The largest absolute Gasteiger partial charge is 0.497 e. The average Bonchev–Trinajstić information content (AvgIpc) is 2.34. The summed E-state index contributed by atoms with van der Waals surface area (Å²) in [5, 5.41) is 0. The number of ether oxygens (including phenoxy) is 1. The van der Waals surface area contributed by atoms with E-state index in [9.17, 15) is 4.79 Å². The third-order valence-electron chi connectivity index (χ3n) is 2.89. The maximum absolute atomic E-state index is 12.2. The van der Waals surface area contributed by atoms with Gasteiger partial charge in [0.1, 0.15) is 5.75 Å². The van der Waals surface area contributed by atoms with E-state index in [-0.39, 0.29) is 11.4 Å². The molecule has 0 saturated carbocycles. The summed E-state index contributed by atoms with van der Waals surface area (Å²) < 4.78 is 5.21. The van der Waals surface area contributed by atoms with E-state index in [1.807, 2.05) is 49.9 Å². The van der Waals surface area contributed by atoms with E-state index >= 15 is 0 Å². The summed E-state index contributed by atoms with van der Waals surface area (Å²) in [5.41, 5.74) is 1.35. The number of hydrogen-bond acceptors (Lipinski definition) is 2. The Kier molecular flexibility index (Phi) is 4.76. The van der Waals surface area contributed by atoms with Gasteiger partial charge < -0.3 is 9.64 Å². The molecule has 1 amide bonds. The van der Waals surface area contributed by atoms with Gasteiger partial charge in [0.15, 0.2) is 0 Å². The van der Waals surface area contributed by atoms with Crippen molar-refractivity contribution in [2.75, 3.05) is 7.11 Å². The lowest BCUT2D eigenvalue weighted by molar-refractivity contribution is -0.132. The Morgan fingerprint density at radius 3 is 2.47 bits per heavy atom. The molecule has 0 spiro atoms. The molecular weight excluding hydrogens is 238 g/mol. The van der Waals surface area contributed by atoms with Crippen molar-refractivity contribution in [1.29, 1.82) is 0 Å². The number of amides is 1. The van der Waals surface area contributed by atoms with Gasteiger partial charge >= 0.3 is 0 Å². The highest BCUT2D eigenvalue weighted by Gasteiger charge is 2.26. The van der Waals surface area contributed by atoms with Crippen molar-refractivity contribution in [2.24, 2.45) is 0 Å². The molecule has 1 aromatic rings. The van der Waals surface area contributed by atoms with Crippen LogP contribution >= 0.6 is 0 Å². The van der Waals surface area contributed by atoms with Crippen molar-refractivity contribution in [3.8, 4) is 5.75 Å². The molecule has 0 aromatic heterocycles. The van der Waals surface area contributed by atoms with Gasteiger partial charge in [0, 0.05) is 17.7 Å². The minimum Gasteiger partial charge on any atom is -0.497 e. The van der Waals surface area contributed by atoms with Crippen LogP contribution < -0.4 is 4.74 Å². The highest BCUT2D eigenvalue weighted by atomic mass is 16.5. The van der Waals surface area contributed by atoms with Crippen LogP contribution in [0.15, 0.2) is 36.4 Å². The van der Waals surface area contributed by atoms with E-state index in [1.54, 1.807) is 14.0 Å². The van der Waals surface area contributed by atoms with Gasteiger partial charge in [-0.3, -0.25) is 4.79 Å². The summed E-state index contributed by atoms with van der Waals surface area (Å²) in [6.45, 7) is 12.1. The van der Waals surface area contributed by atoms with Crippen molar-refractivity contribution in [3.63, 3.8) is 0 Å². The van der Waals surface area contributed by atoms with E-state index in [0.29, 0.717) is 12.1 Å². The highest BCUT2D eigenvalue weighted by Crippen LogP contribution is 2.21. The maximum Gasteiger partial charge on any atom is 0.249 e. The zero-order valence-corrected chi connectivity index (χ0v) is 12.5. The monoisotopic (exact) mass is 261 g/mol. The SMILES string of the molecule is C=C(C)C(=O)N(Cc1cccc(OC)c1)C(C)(C)C. The number of benzene rings is 1. The zero-order chi connectivity index (χ0) is 14.6. The second-order valence-electron chi connectivity index (χ2n) is 5.69. The van der Waals surface area contributed by atoms with Crippen molar-refractivity contribution in [3.05, 3.63) is 42.0 Å². The summed E-state index contributed by atoms with van der Waals surface area (Å²) in [6.07, 6.45) is 0. The van der Waals surface area contributed by atoms with Crippen molar-refractivity contribution >= 4 is 5.91 Å². The van der Waals surface area contributed by atoms with E-state index in [0.717, 1.165) is 11.3 Å². The van der Waals surface area contributed by atoms with Gasteiger partial charge in [0.25, 0.3) is 0 Å². The molecule has 3 heteroatoms. The molecule has 0 N–H and O–H groups in total. The van der Waals surface area contributed by atoms with Crippen LogP contribution in [-0.2, 0) is 11.3 Å². The second kappa shape index (κ2) is 5.91. The first kappa shape index (κ1) is 15.3. The van der Waals surface area contributed by atoms with Crippen LogP contribution in [0.3, 0.4) is 0 Å². The first-order valence-electron chi connectivity index (χ1n) is 6.36. The maximum atomic E-state index is 12.2. The van der Waals surface area contributed by atoms with Gasteiger partial charge in [-0.1, -0.05) is 18.7 Å². The van der Waals surface area contributed by atoms with E-state index in [4.69, 9.17) is 4.74 Å². The first-order valence-corrected chi connectivity index (χ1v) is 6.36. The van der Waals surface area contributed by atoms with Crippen LogP contribution in [0.4, 0.5) is 0 Å². The van der Waals surface area contributed by atoms with E-state index in [2.05, 4.69) is 6.58 Å². The van der Waals surface area contributed by atoms with Crippen molar-refractivity contribution in [1.82, 2.24) is 4.90 Å². The normalized spacial score (nSPS) is 11.0. The van der Waals surface area contributed by atoms with Crippen molar-refractivity contribution in [2.45, 2.75) is 39.8 Å². The number of hydrogen-bond donors (Lipinski definition) is 0. The molecule has 1 aromatic carbocycles. The molecule has 104 valence electrons. The van der Waals surface area contributed by atoms with Gasteiger partial charge in [0.2, 0.25) is 5.91 Å². The molecule has 19 heavy (non-hydrogen) atoms. The topological polar surface area (TPSA) is 29.5 Å². The van der Waals surface area contributed by atoms with Crippen LogP contribution in [0.1, 0.15) is 33.3 Å². The molecule has 0 saturated heterocycles. The Morgan fingerprint density at radius 1 is 1.37 bits per heavy atom. The molecule has 0 unspecified atom stereocenters. The Bertz CT molecular complexity index is 472. The molecule has 0 aliphatic carbocycles. The van der Waals surface area contributed by atoms with Crippen LogP contribution in [-0.4, -0.2) is 23.5 Å². The summed E-state index contributed by atoms with van der Waals surface area (Å²) in [5.74, 6) is 0.782. The van der Waals surface area contributed by atoms with Gasteiger partial charge in [-0.2, -0.15) is 0 Å². The highest BCUT2D eigenvalue weighted by molar-refractivity contribution is 5.92. The van der Waals surface area contributed by atoms with Gasteiger partial charge in [-0.25, -0.2) is 0 Å². The number of methoxy groups -OCH3 is 1. The molecule has 1 rings (SSSR count). The smallest absolute Gasteiger partial charge is 0.249 e. The quantitative estimate of drug-likeness (QED) is 0.777. The van der Waals surface area contributed by atoms with Crippen LogP contribution in [0.2, 0.25) is 0 Å². The fourth-order valence-electron chi connectivity index (χ4n) is 1.80. The lowest BCUT2D eigenvalue weighted by atomic mass is 10.0. The average molecular weight is 261 g/mol. The Morgan fingerprint density at radius 2 is 2.00 bits per heavy atom. The van der Waals surface area contributed by atoms with Crippen LogP contribution in [0.25, 0.3) is 0 Å². The zero-order valence-electron chi connectivity index (χ0n) is 12.5. The molecule has 0 aliphatic heterocycles. The lowest BCUT2D eigenvalue weighted by Crippen LogP contribution is -2.45. The standard InChI is InChI=1S/C16H23NO2/c1-12(2)15(18)17(16(3,4)5)11-13-8-7-9-14(10-13)19-6/h7-10H,1,11H2,2-6H3. The third kappa shape index (κ3) is 4.12. The molecule has 3 nitrogen and oxygen atoms in total. The third-order valence-corrected chi connectivity index (χ3v) is 2.89. The minimum absolute atomic E-state index is 0.0182. The summed E-state index contributed by atoms with van der Waals surface area (Å²) in [6, 6.07) is 7.77. The Labute approximate surface area is 115 Å². The molecule has 0 fully saturated rings. The predicted octanol–water partition coefficient (Wildman–Crippen LogP) is 3.40. The molecule has 0 heterocycles. The molecule has 0 atom stereocenters. The first-order chi connectivity index (χ1) is 8.75. The predicted molar refractivity (Wildman–Crippen MR) is 78.1 cm³/mol. The fourth-order valence-corrected chi connectivity index (χ4v) is 1.80. The number of rotatable bonds is 4. The summed E-state index contributed by atoms with van der Waals surface area (Å²) >= 11 is 0. The number of nitrogens with zero attached hydrogens (tertiary/aromatic N) is 1. The summed E-state index contributed by atoms with van der Waals surface area (Å²) in [4.78, 5) is 14.1. The Balaban J connectivity index is 3.01. The molecule has 0 aliphatic rings. The van der Waals surface area contributed by atoms with Crippen LogP contribution in [0.5, 0.6) is 5.75 Å². The van der Waals surface area contributed by atoms with Crippen molar-refractivity contribution < 1.29 is 9.53 Å².